The SMILES string of the molecule is CCCSc1nc(N[C@@H]2C[C@H]2C2C=C(F)C(F)=CC2C)c2nnn([C@@H]3C[C@H](OCCO)[C@@H](O)[C@H]3O)c2n1. The molecule has 5 rings (SSSR count). The third kappa shape index (κ3) is 5.24. The largest absolute Gasteiger partial charge is 0.394 e. The summed E-state index contributed by atoms with van der Waals surface area (Å²) in [6.45, 7) is 3.81. The standard InChI is InChI=1S/C24H32F2N6O4S/c1-3-6-37-24-28-22(27-16-9-13(16)12-8-15(26)14(25)7-11(12)2)19-23(29-24)32(31-30-19)17-10-18(36-5-4-33)21(35)20(17)34/h7-8,11-13,16-18,20-21,33-35H,3-6,9-10H2,1-2H3,(H,27,28,29)/t11?,12?,13-,16+,17+,18-,20-,21+/m0/s1. The monoisotopic (exact) mass is 538 g/mol. The van der Waals surface area contributed by atoms with Gasteiger partial charge in [-0.3, -0.25) is 0 Å². The molecule has 0 aliphatic heterocycles. The van der Waals surface area contributed by atoms with Crippen LogP contribution in [-0.4, -0.2) is 83.6 Å². The Labute approximate surface area is 217 Å². The van der Waals surface area contributed by atoms with E-state index >= 15 is 0 Å². The lowest BCUT2D eigenvalue weighted by molar-refractivity contribution is -0.0629. The van der Waals surface area contributed by atoms with Crippen molar-refractivity contribution in [2.75, 3.05) is 24.3 Å². The van der Waals surface area contributed by atoms with Gasteiger partial charge in [0.1, 0.15) is 12.2 Å². The van der Waals surface area contributed by atoms with E-state index < -0.39 is 36.0 Å². The summed E-state index contributed by atoms with van der Waals surface area (Å²) in [6.07, 6.45) is 1.75. The molecule has 3 aliphatic carbocycles. The van der Waals surface area contributed by atoms with Gasteiger partial charge in [-0.1, -0.05) is 30.8 Å². The van der Waals surface area contributed by atoms with Crippen molar-refractivity contribution in [3.63, 3.8) is 0 Å². The fourth-order valence-electron chi connectivity index (χ4n) is 5.29. The van der Waals surface area contributed by atoms with Gasteiger partial charge in [-0.25, -0.2) is 23.4 Å². The maximum absolute atomic E-state index is 13.9. The zero-order valence-corrected chi connectivity index (χ0v) is 21.5. The average molecular weight is 539 g/mol. The van der Waals surface area contributed by atoms with Gasteiger partial charge in [0.15, 0.2) is 33.8 Å². The molecule has 4 N–H and O–H groups in total. The van der Waals surface area contributed by atoms with Crippen molar-refractivity contribution >= 4 is 28.7 Å². The number of allylic oxidation sites excluding steroid dienone is 4. The van der Waals surface area contributed by atoms with E-state index in [0.717, 1.165) is 18.6 Å². The number of aliphatic hydroxyl groups is 3. The van der Waals surface area contributed by atoms with Crippen molar-refractivity contribution < 1.29 is 28.8 Å². The van der Waals surface area contributed by atoms with Crippen LogP contribution in [-0.2, 0) is 4.74 Å². The molecule has 10 nitrogen and oxygen atoms in total. The number of fused-ring (bicyclic) bond motifs is 1. The maximum Gasteiger partial charge on any atom is 0.191 e. The molecule has 37 heavy (non-hydrogen) atoms. The zero-order chi connectivity index (χ0) is 26.3. The predicted molar refractivity (Wildman–Crippen MR) is 133 cm³/mol. The summed E-state index contributed by atoms with van der Waals surface area (Å²) in [6, 6.07) is -0.615. The second-order valence-corrected chi connectivity index (χ2v) is 11.0. The van der Waals surface area contributed by atoms with Crippen LogP contribution in [0.1, 0.15) is 39.2 Å². The molecule has 0 saturated heterocycles. The molecular weight excluding hydrogens is 506 g/mol. The molecule has 0 radical (unpaired) electrons. The molecule has 0 bridgehead atoms. The number of hydrogen-bond acceptors (Lipinski definition) is 10. The van der Waals surface area contributed by atoms with Crippen LogP contribution in [0.3, 0.4) is 0 Å². The van der Waals surface area contributed by atoms with Crippen molar-refractivity contribution in [3.05, 3.63) is 23.8 Å². The van der Waals surface area contributed by atoms with Crippen molar-refractivity contribution in [2.45, 2.75) is 68.7 Å². The topological polar surface area (TPSA) is 138 Å². The van der Waals surface area contributed by atoms with Gasteiger partial charge in [0.2, 0.25) is 0 Å². The number of aliphatic hydroxyl groups excluding tert-OH is 3. The highest BCUT2D eigenvalue weighted by molar-refractivity contribution is 7.99. The summed E-state index contributed by atoms with van der Waals surface area (Å²) >= 11 is 1.49. The molecule has 2 aromatic rings. The summed E-state index contributed by atoms with van der Waals surface area (Å²) in [4.78, 5) is 9.33. The average Bonchev–Trinajstić information content (AvgIpc) is 3.41. The highest BCUT2D eigenvalue weighted by Gasteiger charge is 2.47. The molecule has 0 amide bonds. The van der Waals surface area contributed by atoms with Crippen molar-refractivity contribution in [1.82, 2.24) is 25.0 Å². The fourth-order valence-corrected chi connectivity index (χ4v) is 5.98. The van der Waals surface area contributed by atoms with Crippen LogP contribution in [0.5, 0.6) is 0 Å². The van der Waals surface area contributed by atoms with Gasteiger partial charge in [-0.2, -0.15) is 0 Å². The van der Waals surface area contributed by atoms with E-state index in [4.69, 9.17) is 9.84 Å². The first-order valence-corrected chi connectivity index (χ1v) is 13.7. The van der Waals surface area contributed by atoms with E-state index in [0.29, 0.717) is 22.1 Å². The van der Waals surface area contributed by atoms with Crippen molar-refractivity contribution in [2.24, 2.45) is 17.8 Å². The molecular formula is C24H32F2N6O4S. The number of nitrogens with zero attached hydrogens (tertiary/aromatic N) is 5. The van der Waals surface area contributed by atoms with Crippen LogP contribution >= 0.6 is 11.8 Å². The molecule has 202 valence electrons. The van der Waals surface area contributed by atoms with Crippen LogP contribution in [0, 0.1) is 17.8 Å². The molecule has 2 heterocycles. The second-order valence-electron chi connectivity index (χ2n) is 9.94. The molecule has 13 heteroatoms. The number of aromatic nitrogens is 5. The van der Waals surface area contributed by atoms with Crippen LogP contribution in [0.2, 0.25) is 0 Å². The Morgan fingerprint density at radius 3 is 2.70 bits per heavy atom. The van der Waals surface area contributed by atoms with Gasteiger partial charge in [-0.15, -0.1) is 5.10 Å². The number of hydrogen-bond donors (Lipinski definition) is 4. The lowest BCUT2D eigenvalue weighted by atomic mass is 9.85. The highest BCUT2D eigenvalue weighted by atomic mass is 32.2. The minimum absolute atomic E-state index is 0.00786. The minimum Gasteiger partial charge on any atom is -0.394 e. The lowest BCUT2D eigenvalue weighted by Gasteiger charge is -2.22. The van der Waals surface area contributed by atoms with Crippen LogP contribution < -0.4 is 5.32 Å². The van der Waals surface area contributed by atoms with Crippen LogP contribution in [0.25, 0.3) is 11.2 Å². The molecule has 0 spiro atoms. The third-order valence-corrected chi connectivity index (χ3v) is 8.37. The second kappa shape index (κ2) is 10.9. The Kier molecular flexibility index (Phi) is 7.78. The number of halogens is 2. The van der Waals surface area contributed by atoms with Crippen LogP contribution in [0.4, 0.5) is 14.6 Å². The normalized spacial score (nSPS) is 33.5. The van der Waals surface area contributed by atoms with E-state index in [-0.39, 0.29) is 43.4 Å². The van der Waals surface area contributed by atoms with Crippen molar-refractivity contribution in [3.8, 4) is 0 Å². The third-order valence-electron chi connectivity index (χ3n) is 7.31. The molecule has 2 unspecified atom stereocenters. The van der Waals surface area contributed by atoms with Gasteiger partial charge < -0.3 is 25.4 Å². The summed E-state index contributed by atoms with van der Waals surface area (Å²) in [5.41, 5.74) is 0.853. The minimum atomic E-state index is -1.15. The molecule has 2 aromatic heterocycles. The van der Waals surface area contributed by atoms with Gasteiger partial charge in [0.25, 0.3) is 0 Å². The molecule has 0 aromatic carbocycles. The van der Waals surface area contributed by atoms with E-state index in [9.17, 15) is 19.0 Å². The molecule has 3 aliphatic rings. The first-order chi connectivity index (χ1) is 17.8. The van der Waals surface area contributed by atoms with Gasteiger partial charge >= 0.3 is 0 Å². The number of rotatable bonds is 10. The first kappa shape index (κ1) is 26.4. The lowest BCUT2D eigenvalue weighted by Crippen LogP contribution is -2.33. The number of ether oxygens (including phenoxy) is 1. The Morgan fingerprint density at radius 1 is 1.16 bits per heavy atom. The maximum atomic E-state index is 13.9. The predicted octanol–water partition coefficient (Wildman–Crippen LogP) is 2.54. The zero-order valence-electron chi connectivity index (χ0n) is 20.7. The smallest absolute Gasteiger partial charge is 0.191 e. The molecule has 2 saturated carbocycles. The quantitative estimate of drug-likeness (QED) is 0.264. The summed E-state index contributed by atoms with van der Waals surface area (Å²) in [5, 5.41) is 42.7. The molecule has 2 fully saturated rings. The van der Waals surface area contributed by atoms with E-state index in [1.54, 1.807) is 0 Å². The summed E-state index contributed by atoms with van der Waals surface area (Å²) in [5.74, 6) is -0.422. The molecule has 8 atom stereocenters. The Morgan fingerprint density at radius 2 is 1.95 bits per heavy atom. The van der Waals surface area contributed by atoms with Crippen molar-refractivity contribution in [1.29, 1.82) is 0 Å². The Balaban J connectivity index is 1.41. The Hall–Kier alpha value is -2.19. The van der Waals surface area contributed by atoms with E-state index in [1.165, 1.54) is 28.6 Å². The number of thioether (sulfide) groups is 1. The Bertz CT molecular complexity index is 1200. The summed E-state index contributed by atoms with van der Waals surface area (Å²) < 4.78 is 34.6. The van der Waals surface area contributed by atoms with Crippen LogP contribution in [0.15, 0.2) is 29.0 Å². The van der Waals surface area contributed by atoms with Gasteiger partial charge in [-0.05, 0) is 42.7 Å². The van der Waals surface area contributed by atoms with Gasteiger partial charge in [0, 0.05) is 18.2 Å². The van der Waals surface area contributed by atoms with E-state index in [1.807, 2.05) is 6.92 Å². The summed E-state index contributed by atoms with van der Waals surface area (Å²) in [7, 11) is 0. The highest BCUT2D eigenvalue weighted by Crippen LogP contribution is 2.47. The number of nitrogens with one attached hydrogen (secondary N) is 1. The fraction of sp³-hybridized carbons (Fsp3) is 0.667. The van der Waals surface area contributed by atoms with Gasteiger partial charge in [0.05, 0.1) is 25.4 Å². The number of anilines is 1. The van der Waals surface area contributed by atoms with E-state index in [2.05, 4.69) is 32.5 Å². The first-order valence-electron chi connectivity index (χ1n) is 12.7.